The summed E-state index contributed by atoms with van der Waals surface area (Å²) in [5.41, 5.74) is 0.215. The maximum Gasteiger partial charge on any atom is 0.226 e. The second-order valence-electron chi connectivity index (χ2n) is 4.91. The number of hydrogen-bond acceptors (Lipinski definition) is 3. The van der Waals surface area contributed by atoms with Crippen LogP contribution in [0.1, 0.15) is 29.8 Å². The number of carbonyl (C=O) groups is 2. The van der Waals surface area contributed by atoms with Gasteiger partial charge < -0.3 is 4.90 Å². The van der Waals surface area contributed by atoms with Gasteiger partial charge in [0.05, 0.1) is 12.7 Å². The second kappa shape index (κ2) is 4.15. The number of likely N-dealkylation sites (tertiary alicyclic amines) is 1. The number of carbonyl (C=O) groups excluding carboxylic acids is 2. The molecule has 2 aliphatic rings. The van der Waals surface area contributed by atoms with Crippen LogP contribution in [0.25, 0.3) is 0 Å². The topological polar surface area (TPSA) is 50.3 Å². The SMILES string of the molecule is O=C(CN1C(=O)C2CCC1C2)c1ccc(F)cn1. The van der Waals surface area contributed by atoms with Crippen LogP contribution in [0, 0.1) is 11.7 Å². The van der Waals surface area contributed by atoms with Crippen LogP contribution in [0.15, 0.2) is 18.3 Å². The molecule has 0 N–H and O–H groups in total. The summed E-state index contributed by atoms with van der Waals surface area (Å²) in [6, 6.07) is 2.78. The van der Waals surface area contributed by atoms with Gasteiger partial charge in [-0.2, -0.15) is 0 Å². The number of aromatic nitrogens is 1. The summed E-state index contributed by atoms with van der Waals surface area (Å²) in [5.74, 6) is -0.496. The first kappa shape index (κ1) is 11.3. The summed E-state index contributed by atoms with van der Waals surface area (Å²) in [5, 5.41) is 0. The Morgan fingerprint density at radius 1 is 1.44 bits per heavy atom. The van der Waals surface area contributed by atoms with E-state index in [2.05, 4.69) is 4.98 Å². The zero-order valence-electron chi connectivity index (χ0n) is 9.80. The standard InChI is InChI=1S/C13H13FN2O2/c14-9-2-4-11(15-6-9)12(17)7-16-10-3-1-8(5-10)13(16)18/h2,4,6,8,10H,1,3,5,7H2. The molecule has 0 spiro atoms. The van der Waals surface area contributed by atoms with Crippen molar-refractivity contribution in [1.82, 2.24) is 9.88 Å². The highest BCUT2D eigenvalue weighted by Crippen LogP contribution is 2.38. The molecule has 1 amide bonds. The minimum absolute atomic E-state index is 0.0681. The van der Waals surface area contributed by atoms with Gasteiger partial charge in [0, 0.05) is 12.0 Å². The molecule has 5 heteroatoms. The van der Waals surface area contributed by atoms with Crippen molar-refractivity contribution in [2.45, 2.75) is 25.3 Å². The highest BCUT2D eigenvalue weighted by Gasteiger charge is 2.45. The molecule has 1 saturated carbocycles. The number of ketones is 1. The molecule has 1 aliphatic heterocycles. The molecule has 1 aromatic heterocycles. The fraction of sp³-hybridized carbons (Fsp3) is 0.462. The number of halogens is 1. The molecule has 4 nitrogen and oxygen atoms in total. The number of fused-ring (bicyclic) bond motifs is 2. The van der Waals surface area contributed by atoms with Crippen molar-refractivity contribution >= 4 is 11.7 Å². The van der Waals surface area contributed by atoms with Crippen molar-refractivity contribution in [2.24, 2.45) is 5.92 Å². The molecule has 18 heavy (non-hydrogen) atoms. The van der Waals surface area contributed by atoms with Crippen molar-refractivity contribution in [3.63, 3.8) is 0 Å². The monoisotopic (exact) mass is 248 g/mol. The molecule has 3 rings (SSSR count). The van der Waals surface area contributed by atoms with Crippen LogP contribution in [0.4, 0.5) is 4.39 Å². The summed E-state index contributed by atoms with van der Waals surface area (Å²) in [4.78, 5) is 29.2. The Morgan fingerprint density at radius 2 is 2.28 bits per heavy atom. The normalized spacial score (nSPS) is 25.8. The van der Waals surface area contributed by atoms with Crippen LogP contribution in [0.3, 0.4) is 0 Å². The van der Waals surface area contributed by atoms with E-state index in [0.29, 0.717) is 0 Å². The lowest BCUT2D eigenvalue weighted by Crippen LogP contribution is -2.40. The van der Waals surface area contributed by atoms with Crippen LogP contribution in [0.5, 0.6) is 0 Å². The van der Waals surface area contributed by atoms with Crippen molar-refractivity contribution < 1.29 is 14.0 Å². The molecule has 2 unspecified atom stereocenters. The predicted octanol–water partition coefficient (Wildman–Crippen LogP) is 1.41. The number of Topliss-reactive ketones (excluding diaryl/α,β-unsaturated/α-hetero) is 1. The molecule has 2 atom stereocenters. The first-order valence-corrected chi connectivity index (χ1v) is 6.10. The average Bonchev–Trinajstić information content (AvgIpc) is 2.94. The van der Waals surface area contributed by atoms with Gasteiger partial charge in [-0.05, 0) is 31.4 Å². The Labute approximate surface area is 104 Å². The molecule has 0 radical (unpaired) electrons. The maximum absolute atomic E-state index is 12.7. The van der Waals surface area contributed by atoms with E-state index in [4.69, 9.17) is 0 Å². The lowest BCUT2D eigenvalue weighted by Gasteiger charge is -2.26. The molecular weight excluding hydrogens is 235 g/mol. The number of amides is 1. The molecule has 2 heterocycles. The van der Waals surface area contributed by atoms with Gasteiger partial charge in [-0.3, -0.25) is 14.6 Å². The zero-order chi connectivity index (χ0) is 12.7. The smallest absolute Gasteiger partial charge is 0.226 e. The second-order valence-corrected chi connectivity index (χ2v) is 4.91. The van der Waals surface area contributed by atoms with Crippen molar-refractivity contribution in [2.75, 3.05) is 6.54 Å². The fourth-order valence-corrected chi connectivity index (χ4v) is 2.86. The highest BCUT2D eigenvalue weighted by molar-refractivity contribution is 5.98. The fourth-order valence-electron chi connectivity index (χ4n) is 2.86. The molecule has 94 valence electrons. The molecule has 2 fully saturated rings. The van der Waals surface area contributed by atoms with Gasteiger partial charge in [0.25, 0.3) is 0 Å². The third-order valence-corrected chi connectivity index (χ3v) is 3.81. The molecule has 1 aromatic rings. The Kier molecular flexibility index (Phi) is 2.61. The van der Waals surface area contributed by atoms with E-state index in [1.807, 2.05) is 0 Å². The van der Waals surface area contributed by atoms with E-state index in [1.165, 1.54) is 12.1 Å². The summed E-state index contributed by atoms with van der Waals surface area (Å²) in [6.45, 7) is 0.0681. The minimum Gasteiger partial charge on any atom is -0.332 e. The van der Waals surface area contributed by atoms with Gasteiger partial charge in [0.2, 0.25) is 5.91 Å². The van der Waals surface area contributed by atoms with Gasteiger partial charge in [-0.1, -0.05) is 0 Å². The number of hydrogen-bond donors (Lipinski definition) is 0. The quantitative estimate of drug-likeness (QED) is 0.760. The Hall–Kier alpha value is -1.78. The van der Waals surface area contributed by atoms with E-state index in [9.17, 15) is 14.0 Å². The van der Waals surface area contributed by atoms with Crippen molar-refractivity contribution in [3.05, 3.63) is 29.8 Å². The van der Waals surface area contributed by atoms with Crippen LogP contribution < -0.4 is 0 Å². The summed E-state index contributed by atoms with van der Waals surface area (Å²) >= 11 is 0. The van der Waals surface area contributed by atoms with Crippen molar-refractivity contribution in [3.8, 4) is 0 Å². The Balaban J connectivity index is 1.71. The first-order valence-electron chi connectivity index (χ1n) is 6.10. The van der Waals surface area contributed by atoms with Gasteiger partial charge in [-0.15, -0.1) is 0 Å². The third kappa shape index (κ3) is 1.79. The largest absolute Gasteiger partial charge is 0.332 e. The third-order valence-electron chi connectivity index (χ3n) is 3.81. The van der Waals surface area contributed by atoms with E-state index in [1.54, 1.807) is 4.90 Å². The lowest BCUT2D eigenvalue weighted by atomic mass is 10.1. The van der Waals surface area contributed by atoms with Gasteiger partial charge in [-0.25, -0.2) is 4.39 Å². The van der Waals surface area contributed by atoms with Crippen molar-refractivity contribution in [1.29, 1.82) is 0 Å². The van der Waals surface area contributed by atoms with Gasteiger partial charge >= 0.3 is 0 Å². The van der Waals surface area contributed by atoms with Crippen LogP contribution in [0.2, 0.25) is 0 Å². The summed E-state index contributed by atoms with van der Waals surface area (Å²) in [7, 11) is 0. The lowest BCUT2D eigenvalue weighted by molar-refractivity contribution is -0.133. The summed E-state index contributed by atoms with van der Waals surface area (Å²) < 4.78 is 12.7. The van der Waals surface area contributed by atoms with E-state index >= 15 is 0 Å². The maximum atomic E-state index is 12.7. The van der Waals surface area contributed by atoms with Crippen LogP contribution in [-0.2, 0) is 4.79 Å². The molecule has 1 aliphatic carbocycles. The summed E-state index contributed by atoms with van der Waals surface area (Å²) in [6.07, 6.45) is 3.83. The molecule has 0 aromatic carbocycles. The van der Waals surface area contributed by atoms with E-state index < -0.39 is 5.82 Å². The van der Waals surface area contributed by atoms with Crippen LogP contribution >= 0.6 is 0 Å². The number of rotatable bonds is 3. The number of nitrogens with zero attached hydrogens (tertiary/aromatic N) is 2. The van der Waals surface area contributed by atoms with Gasteiger partial charge in [0.15, 0.2) is 5.78 Å². The van der Waals surface area contributed by atoms with Crippen LogP contribution in [-0.4, -0.2) is 34.2 Å². The minimum atomic E-state index is -0.470. The molecular formula is C13H13FN2O2. The molecule has 1 saturated heterocycles. The average molecular weight is 248 g/mol. The Morgan fingerprint density at radius 3 is 2.89 bits per heavy atom. The first-order chi connectivity index (χ1) is 8.65. The highest BCUT2D eigenvalue weighted by atomic mass is 19.1. The van der Waals surface area contributed by atoms with E-state index in [-0.39, 0.29) is 35.9 Å². The molecule has 2 bridgehead atoms. The predicted molar refractivity (Wildman–Crippen MR) is 61.4 cm³/mol. The van der Waals surface area contributed by atoms with Gasteiger partial charge in [0.1, 0.15) is 11.5 Å². The number of pyridine rings is 1. The number of piperidine rings is 1. The Bertz CT molecular complexity index is 500. The van der Waals surface area contributed by atoms with E-state index in [0.717, 1.165) is 25.5 Å². The zero-order valence-corrected chi connectivity index (χ0v) is 9.80.